The first kappa shape index (κ1) is 23.9. The zero-order valence-electron chi connectivity index (χ0n) is 20.2. The van der Waals surface area contributed by atoms with Gasteiger partial charge in [-0.25, -0.2) is 0 Å². The largest absolute Gasteiger partial charge is 0.497 e. The number of methoxy groups -OCH3 is 1. The Kier molecular flexibility index (Phi) is 7.44. The minimum atomic E-state index is -0.0327. The second-order valence-corrected chi connectivity index (χ2v) is 10.9. The predicted octanol–water partition coefficient (Wildman–Crippen LogP) is 3.78. The second-order valence-electron chi connectivity index (χ2n) is 9.62. The molecule has 184 valence electrons. The average molecular weight is 492 g/mol. The first-order valence-corrected chi connectivity index (χ1v) is 13.4. The summed E-state index contributed by atoms with van der Waals surface area (Å²) in [5.74, 6) is 1.04. The Morgan fingerprint density at radius 3 is 2.51 bits per heavy atom. The molecule has 5 rings (SSSR count). The molecular formula is C28H33N3O3S. The van der Waals surface area contributed by atoms with Gasteiger partial charge in [0.2, 0.25) is 5.91 Å². The summed E-state index contributed by atoms with van der Waals surface area (Å²) in [6, 6.07) is 18.3. The van der Waals surface area contributed by atoms with Crippen LogP contribution in [-0.2, 0) is 16.1 Å². The lowest BCUT2D eigenvalue weighted by Crippen LogP contribution is -2.54. The van der Waals surface area contributed by atoms with Crippen molar-refractivity contribution in [3.05, 3.63) is 70.6 Å². The van der Waals surface area contributed by atoms with Gasteiger partial charge in [0.05, 0.1) is 12.0 Å². The number of fused-ring (bicyclic) bond motifs is 1. The molecule has 2 aromatic rings. The van der Waals surface area contributed by atoms with Crippen LogP contribution in [0.5, 0.6) is 5.75 Å². The summed E-state index contributed by atoms with van der Waals surface area (Å²) in [6.45, 7) is 4.32. The lowest BCUT2D eigenvalue weighted by atomic mass is 9.84. The molecule has 2 aromatic carbocycles. The van der Waals surface area contributed by atoms with Crippen LogP contribution < -0.4 is 10.1 Å². The SMILES string of the molecule is COc1ccc(/C=C2/SC3CCC(C(=O)N4CCN(Cc5ccccc5)CC4)CC3NC2=O)cc1. The van der Waals surface area contributed by atoms with Gasteiger partial charge in [0.25, 0.3) is 5.91 Å². The summed E-state index contributed by atoms with van der Waals surface area (Å²) < 4.78 is 5.21. The van der Waals surface area contributed by atoms with Crippen molar-refractivity contribution in [2.75, 3.05) is 33.3 Å². The topological polar surface area (TPSA) is 61.9 Å². The lowest BCUT2D eigenvalue weighted by molar-refractivity contribution is -0.139. The molecule has 0 radical (unpaired) electrons. The number of thioether (sulfide) groups is 1. The summed E-state index contributed by atoms with van der Waals surface area (Å²) in [4.78, 5) is 31.3. The first-order chi connectivity index (χ1) is 17.1. The second kappa shape index (κ2) is 10.9. The number of ether oxygens (including phenoxy) is 1. The van der Waals surface area contributed by atoms with Gasteiger partial charge < -0.3 is 15.0 Å². The van der Waals surface area contributed by atoms with Gasteiger partial charge in [-0.15, -0.1) is 11.8 Å². The van der Waals surface area contributed by atoms with E-state index in [0.29, 0.717) is 5.25 Å². The van der Waals surface area contributed by atoms with Crippen LogP contribution in [0.1, 0.15) is 30.4 Å². The number of amides is 2. The van der Waals surface area contributed by atoms with Crippen LogP contribution in [0.15, 0.2) is 59.5 Å². The number of benzene rings is 2. The minimum Gasteiger partial charge on any atom is -0.497 e. The molecule has 1 aliphatic carbocycles. The van der Waals surface area contributed by atoms with E-state index in [9.17, 15) is 9.59 Å². The molecule has 0 aromatic heterocycles. The third kappa shape index (κ3) is 5.73. The maximum Gasteiger partial charge on any atom is 0.257 e. The minimum absolute atomic E-state index is 0.00458. The van der Waals surface area contributed by atoms with E-state index in [1.807, 2.05) is 41.3 Å². The fraction of sp³-hybridized carbons (Fsp3) is 0.429. The van der Waals surface area contributed by atoms with Crippen molar-refractivity contribution in [3.63, 3.8) is 0 Å². The van der Waals surface area contributed by atoms with E-state index < -0.39 is 0 Å². The van der Waals surface area contributed by atoms with Crippen LogP contribution in [0.2, 0.25) is 0 Å². The standard InChI is InChI=1S/C28H33N3O3S/c1-34-23-10-7-20(8-11-23)17-26-27(32)29-24-18-22(9-12-25(24)35-26)28(33)31-15-13-30(14-16-31)19-21-5-3-2-4-6-21/h2-8,10-11,17,22,24-25H,9,12-16,18-19H2,1H3,(H,29,32)/b26-17+. The third-order valence-electron chi connectivity index (χ3n) is 7.30. The van der Waals surface area contributed by atoms with Crippen LogP contribution in [0.25, 0.3) is 6.08 Å². The molecular weight excluding hydrogens is 458 g/mol. The normalized spacial score (nSPS) is 26.2. The van der Waals surface area contributed by atoms with Gasteiger partial charge in [0, 0.05) is 49.9 Å². The van der Waals surface area contributed by atoms with Gasteiger partial charge in [-0.05, 0) is 48.6 Å². The molecule has 3 aliphatic rings. The van der Waals surface area contributed by atoms with E-state index in [1.54, 1.807) is 18.9 Å². The van der Waals surface area contributed by atoms with Crippen LogP contribution in [0, 0.1) is 5.92 Å². The third-order valence-corrected chi connectivity index (χ3v) is 8.73. The van der Waals surface area contributed by atoms with Crippen LogP contribution in [0.4, 0.5) is 0 Å². The highest BCUT2D eigenvalue weighted by molar-refractivity contribution is 8.04. The molecule has 0 bridgehead atoms. The molecule has 1 N–H and O–H groups in total. The zero-order chi connectivity index (χ0) is 24.2. The monoisotopic (exact) mass is 491 g/mol. The van der Waals surface area contributed by atoms with Gasteiger partial charge in [-0.3, -0.25) is 14.5 Å². The summed E-state index contributed by atoms with van der Waals surface area (Å²) in [5, 5.41) is 3.52. The average Bonchev–Trinajstić information content (AvgIpc) is 2.90. The molecule has 7 heteroatoms. The van der Waals surface area contributed by atoms with Gasteiger partial charge >= 0.3 is 0 Å². The van der Waals surface area contributed by atoms with Gasteiger partial charge in [-0.2, -0.15) is 0 Å². The van der Waals surface area contributed by atoms with E-state index >= 15 is 0 Å². The van der Waals surface area contributed by atoms with Crippen molar-refractivity contribution in [1.82, 2.24) is 15.1 Å². The van der Waals surface area contributed by atoms with E-state index in [4.69, 9.17) is 4.74 Å². The lowest BCUT2D eigenvalue weighted by Gasteiger charge is -2.42. The van der Waals surface area contributed by atoms with Crippen molar-refractivity contribution < 1.29 is 14.3 Å². The number of piperazine rings is 1. The molecule has 2 saturated heterocycles. The van der Waals surface area contributed by atoms with Crippen molar-refractivity contribution in [3.8, 4) is 5.75 Å². The molecule has 3 unspecified atom stereocenters. The number of hydrogen-bond donors (Lipinski definition) is 1. The van der Waals surface area contributed by atoms with Crippen LogP contribution in [-0.4, -0.2) is 66.2 Å². The summed E-state index contributed by atoms with van der Waals surface area (Å²) in [5.41, 5.74) is 2.30. The van der Waals surface area contributed by atoms with Gasteiger partial charge in [-0.1, -0.05) is 42.5 Å². The Labute approximate surface area is 211 Å². The van der Waals surface area contributed by atoms with Crippen LogP contribution >= 0.6 is 11.8 Å². The molecule has 3 atom stereocenters. The van der Waals surface area contributed by atoms with E-state index in [1.165, 1.54) is 5.56 Å². The number of nitrogens with zero attached hydrogens (tertiary/aromatic N) is 2. The molecule has 2 heterocycles. The Morgan fingerprint density at radius 2 is 1.80 bits per heavy atom. The van der Waals surface area contributed by atoms with Gasteiger partial charge in [0.15, 0.2) is 0 Å². The number of hydrogen-bond acceptors (Lipinski definition) is 5. The Bertz CT molecular complexity index is 1060. The van der Waals surface area contributed by atoms with Crippen molar-refractivity contribution >= 4 is 29.7 Å². The molecule has 6 nitrogen and oxygen atoms in total. The fourth-order valence-corrected chi connectivity index (χ4v) is 6.59. The van der Waals surface area contributed by atoms with Crippen molar-refractivity contribution in [2.24, 2.45) is 5.92 Å². The fourth-order valence-electron chi connectivity index (χ4n) is 5.29. The molecule has 35 heavy (non-hydrogen) atoms. The maximum absolute atomic E-state index is 13.3. The Hall–Kier alpha value is -2.77. The van der Waals surface area contributed by atoms with Crippen molar-refractivity contribution in [1.29, 1.82) is 0 Å². The van der Waals surface area contributed by atoms with Gasteiger partial charge in [0.1, 0.15) is 5.75 Å². The van der Waals surface area contributed by atoms with E-state index in [-0.39, 0.29) is 23.8 Å². The number of nitrogens with one attached hydrogen (secondary N) is 1. The summed E-state index contributed by atoms with van der Waals surface area (Å²) in [7, 11) is 1.64. The quantitative estimate of drug-likeness (QED) is 0.645. The Morgan fingerprint density at radius 1 is 1.06 bits per heavy atom. The smallest absolute Gasteiger partial charge is 0.257 e. The molecule has 1 saturated carbocycles. The molecule has 2 amide bonds. The first-order valence-electron chi connectivity index (χ1n) is 12.5. The molecule has 2 aliphatic heterocycles. The maximum atomic E-state index is 13.3. The number of carbonyl (C=O) groups excluding carboxylic acids is 2. The van der Waals surface area contributed by atoms with E-state index in [2.05, 4.69) is 34.5 Å². The summed E-state index contributed by atoms with van der Waals surface area (Å²) in [6.07, 6.45) is 4.52. The highest BCUT2D eigenvalue weighted by atomic mass is 32.2. The molecule has 3 fully saturated rings. The predicted molar refractivity (Wildman–Crippen MR) is 140 cm³/mol. The van der Waals surface area contributed by atoms with Crippen molar-refractivity contribution in [2.45, 2.75) is 37.1 Å². The van der Waals surface area contributed by atoms with Crippen LogP contribution in [0.3, 0.4) is 0 Å². The number of carbonyl (C=O) groups is 2. The van der Waals surface area contributed by atoms with E-state index in [0.717, 1.165) is 68.2 Å². The summed E-state index contributed by atoms with van der Waals surface area (Å²) >= 11 is 1.67. The highest BCUT2D eigenvalue weighted by Crippen LogP contribution is 2.40. The highest BCUT2D eigenvalue weighted by Gasteiger charge is 2.40. The zero-order valence-corrected chi connectivity index (χ0v) is 21.0. The Balaban J connectivity index is 1.13. The number of rotatable bonds is 5. The molecule has 0 spiro atoms.